The third-order valence-electron chi connectivity index (χ3n) is 7.62. The molecule has 9 heteroatoms. The molecule has 0 atom stereocenters. The third kappa shape index (κ3) is 5.53. The number of piperidine rings is 1. The second kappa shape index (κ2) is 11.0. The minimum absolute atomic E-state index is 0.126. The molecule has 0 saturated carbocycles. The van der Waals surface area contributed by atoms with Crippen LogP contribution in [-0.4, -0.2) is 57.9 Å². The molecular formula is C32H38N4O5. The fourth-order valence-electron chi connectivity index (χ4n) is 5.60. The Labute approximate surface area is 239 Å². The summed E-state index contributed by atoms with van der Waals surface area (Å²) >= 11 is 0. The highest BCUT2D eigenvalue weighted by molar-refractivity contribution is 6.12. The number of carbonyl (C=O) groups is 2. The molecular weight excluding hydrogens is 520 g/mol. The topological polar surface area (TPSA) is 94.8 Å². The van der Waals surface area contributed by atoms with Gasteiger partial charge in [0.2, 0.25) is 0 Å². The van der Waals surface area contributed by atoms with Gasteiger partial charge in [-0.2, -0.15) is 0 Å². The summed E-state index contributed by atoms with van der Waals surface area (Å²) < 4.78 is 14.8. The maximum atomic E-state index is 14.1. The van der Waals surface area contributed by atoms with E-state index in [2.05, 4.69) is 5.32 Å². The molecule has 1 saturated heterocycles. The van der Waals surface area contributed by atoms with Gasteiger partial charge < -0.3 is 28.8 Å². The predicted octanol–water partition coefficient (Wildman–Crippen LogP) is 4.99. The summed E-state index contributed by atoms with van der Waals surface area (Å²) in [5.41, 5.74) is 3.13. The fourth-order valence-corrected chi connectivity index (χ4v) is 5.60. The summed E-state index contributed by atoms with van der Waals surface area (Å²) in [7, 11) is 3.28. The number of rotatable bonds is 5. The van der Waals surface area contributed by atoms with Gasteiger partial charge in [0.15, 0.2) is 11.4 Å². The quantitative estimate of drug-likeness (QED) is 0.373. The molecule has 1 fully saturated rings. The molecule has 2 aromatic carbocycles. The first kappa shape index (κ1) is 28.3. The van der Waals surface area contributed by atoms with E-state index in [0.29, 0.717) is 49.1 Å². The van der Waals surface area contributed by atoms with Crippen molar-refractivity contribution >= 4 is 33.8 Å². The molecule has 1 N–H and O–H groups in total. The number of likely N-dealkylation sites (tertiary alicyclic amines) is 1. The molecule has 2 aromatic heterocycles. The third-order valence-corrected chi connectivity index (χ3v) is 7.62. The maximum absolute atomic E-state index is 14.1. The van der Waals surface area contributed by atoms with E-state index in [1.54, 1.807) is 21.1 Å². The Balaban J connectivity index is 1.48. The first-order valence-corrected chi connectivity index (χ1v) is 14.0. The summed E-state index contributed by atoms with van der Waals surface area (Å²) in [6.45, 7) is 8.93. The monoisotopic (exact) mass is 558 g/mol. The average Bonchev–Trinajstić information content (AvgIpc) is 3.24. The van der Waals surface area contributed by atoms with Crippen LogP contribution in [0.3, 0.4) is 0 Å². The van der Waals surface area contributed by atoms with Crippen LogP contribution in [0.15, 0.2) is 53.3 Å². The highest BCUT2D eigenvalue weighted by atomic mass is 16.6. The van der Waals surface area contributed by atoms with E-state index in [0.717, 1.165) is 22.0 Å². The second-order valence-corrected chi connectivity index (χ2v) is 11.8. The SMILES string of the molecule is COc1c(C(=O)NC2CCN(C(=O)OC(C)(C)C)CC2)n(C)c2c1c(=O)n(Cc1ccc(C)cc1)c1ccccc21. The molecule has 0 aliphatic carbocycles. The van der Waals surface area contributed by atoms with E-state index in [-0.39, 0.29) is 29.4 Å². The van der Waals surface area contributed by atoms with Crippen LogP contribution in [0.5, 0.6) is 5.75 Å². The van der Waals surface area contributed by atoms with Crippen molar-refractivity contribution in [2.45, 2.75) is 58.7 Å². The number of ether oxygens (including phenoxy) is 2. The van der Waals surface area contributed by atoms with Crippen molar-refractivity contribution < 1.29 is 19.1 Å². The van der Waals surface area contributed by atoms with Crippen LogP contribution in [0.1, 0.15) is 55.2 Å². The highest BCUT2D eigenvalue weighted by Crippen LogP contribution is 2.35. The zero-order valence-electron chi connectivity index (χ0n) is 24.6. The number of amides is 2. The van der Waals surface area contributed by atoms with Crippen molar-refractivity contribution in [3.8, 4) is 5.75 Å². The Bertz CT molecular complexity index is 1670. The summed E-state index contributed by atoms with van der Waals surface area (Å²) in [5.74, 6) is -0.0515. The molecule has 0 unspecified atom stereocenters. The largest absolute Gasteiger partial charge is 0.493 e. The van der Waals surface area contributed by atoms with E-state index in [9.17, 15) is 14.4 Å². The molecule has 9 nitrogen and oxygen atoms in total. The van der Waals surface area contributed by atoms with Crippen LogP contribution in [0.2, 0.25) is 0 Å². The molecule has 1 aliphatic heterocycles. The van der Waals surface area contributed by atoms with Gasteiger partial charge >= 0.3 is 6.09 Å². The van der Waals surface area contributed by atoms with E-state index in [1.165, 1.54) is 7.11 Å². The first-order chi connectivity index (χ1) is 19.5. The number of aromatic nitrogens is 2. The number of methoxy groups -OCH3 is 1. The first-order valence-electron chi connectivity index (χ1n) is 14.0. The van der Waals surface area contributed by atoms with Crippen LogP contribution in [0.4, 0.5) is 4.79 Å². The number of pyridine rings is 1. The molecule has 0 radical (unpaired) electrons. The van der Waals surface area contributed by atoms with Crippen molar-refractivity contribution in [3.63, 3.8) is 0 Å². The molecule has 1 aliphatic rings. The number of nitrogens with zero attached hydrogens (tertiary/aromatic N) is 3. The Hall–Kier alpha value is -4.27. The van der Waals surface area contributed by atoms with Gasteiger partial charge in [0.1, 0.15) is 11.0 Å². The molecule has 41 heavy (non-hydrogen) atoms. The zero-order chi connectivity index (χ0) is 29.5. The molecule has 2 amide bonds. The summed E-state index contributed by atoms with van der Waals surface area (Å²) in [4.78, 5) is 41.9. The Morgan fingerprint density at radius 3 is 2.32 bits per heavy atom. The van der Waals surface area contributed by atoms with Crippen molar-refractivity contribution in [3.05, 3.63) is 75.7 Å². The van der Waals surface area contributed by atoms with Gasteiger partial charge in [-0.1, -0.05) is 48.0 Å². The van der Waals surface area contributed by atoms with Crippen LogP contribution in [0, 0.1) is 6.92 Å². The van der Waals surface area contributed by atoms with Gasteiger partial charge in [-0.05, 0) is 52.2 Å². The van der Waals surface area contributed by atoms with Crippen LogP contribution in [-0.2, 0) is 18.3 Å². The zero-order valence-corrected chi connectivity index (χ0v) is 24.6. The molecule has 5 rings (SSSR count). The lowest BCUT2D eigenvalue weighted by molar-refractivity contribution is 0.0199. The Morgan fingerprint density at radius 2 is 1.68 bits per heavy atom. The second-order valence-electron chi connectivity index (χ2n) is 11.8. The molecule has 0 bridgehead atoms. The van der Waals surface area contributed by atoms with E-state index < -0.39 is 5.60 Å². The van der Waals surface area contributed by atoms with Crippen molar-refractivity contribution in [1.82, 2.24) is 19.4 Å². The molecule has 216 valence electrons. The van der Waals surface area contributed by atoms with E-state index in [4.69, 9.17) is 9.47 Å². The van der Waals surface area contributed by atoms with Crippen LogP contribution >= 0.6 is 0 Å². The van der Waals surface area contributed by atoms with Gasteiger partial charge in [0.25, 0.3) is 11.5 Å². The lowest BCUT2D eigenvalue weighted by atomic mass is 10.1. The Kier molecular flexibility index (Phi) is 7.55. The highest BCUT2D eigenvalue weighted by Gasteiger charge is 2.31. The number of aryl methyl sites for hydroxylation is 2. The number of fused-ring (bicyclic) bond motifs is 3. The lowest BCUT2D eigenvalue weighted by Gasteiger charge is -2.33. The van der Waals surface area contributed by atoms with Crippen molar-refractivity contribution in [1.29, 1.82) is 0 Å². The number of hydrogen-bond donors (Lipinski definition) is 1. The van der Waals surface area contributed by atoms with Gasteiger partial charge in [0.05, 0.1) is 24.7 Å². The van der Waals surface area contributed by atoms with Crippen molar-refractivity contribution in [2.75, 3.05) is 20.2 Å². The normalized spacial score (nSPS) is 14.4. The minimum Gasteiger partial charge on any atom is -0.493 e. The van der Waals surface area contributed by atoms with Crippen LogP contribution in [0.25, 0.3) is 21.8 Å². The summed E-state index contributed by atoms with van der Waals surface area (Å²) in [5, 5.41) is 4.36. The van der Waals surface area contributed by atoms with Gasteiger partial charge in [0, 0.05) is 31.6 Å². The van der Waals surface area contributed by atoms with E-state index in [1.807, 2.05) is 76.2 Å². The Morgan fingerprint density at radius 1 is 1.02 bits per heavy atom. The number of para-hydroxylation sites is 1. The maximum Gasteiger partial charge on any atom is 0.410 e. The summed E-state index contributed by atoms with van der Waals surface area (Å²) in [6.07, 6.45) is 0.860. The average molecular weight is 559 g/mol. The standard InChI is InChI=1S/C32H38N4O5/c1-20-11-13-21(14-12-20)19-36-24-10-8-7-9-23(24)26-25(30(36)38)28(40-6)27(34(26)5)29(37)33-22-15-17-35(18-16-22)31(39)41-32(2,3)4/h7-14,22H,15-19H2,1-6H3,(H,33,37). The van der Waals surface area contributed by atoms with Gasteiger partial charge in [-0.25, -0.2) is 4.79 Å². The lowest BCUT2D eigenvalue weighted by Crippen LogP contribution is -2.48. The van der Waals surface area contributed by atoms with Crippen LogP contribution < -0.4 is 15.6 Å². The summed E-state index contributed by atoms with van der Waals surface area (Å²) in [6, 6.07) is 15.7. The number of carbonyl (C=O) groups excluding carboxylic acids is 2. The predicted molar refractivity (Wildman–Crippen MR) is 160 cm³/mol. The fraction of sp³-hybridized carbons (Fsp3) is 0.406. The molecule has 0 spiro atoms. The van der Waals surface area contributed by atoms with Crippen molar-refractivity contribution in [2.24, 2.45) is 7.05 Å². The molecule has 4 aromatic rings. The number of nitrogens with one attached hydrogen (secondary N) is 1. The van der Waals surface area contributed by atoms with Gasteiger partial charge in [-0.3, -0.25) is 9.59 Å². The molecule has 3 heterocycles. The van der Waals surface area contributed by atoms with Gasteiger partial charge in [-0.15, -0.1) is 0 Å². The number of hydrogen-bond acceptors (Lipinski definition) is 5. The number of benzene rings is 2. The smallest absolute Gasteiger partial charge is 0.410 e. The minimum atomic E-state index is -0.559. The van der Waals surface area contributed by atoms with E-state index >= 15 is 0 Å².